The third-order valence-electron chi connectivity index (χ3n) is 4.74. The molecule has 152 valence electrons. The summed E-state index contributed by atoms with van der Waals surface area (Å²) in [5.41, 5.74) is 1.42. The maximum absolute atomic E-state index is 13.0. The van der Waals surface area contributed by atoms with Gasteiger partial charge in [0.1, 0.15) is 5.75 Å². The van der Waals surface area contributed by atoms with Crippen LogP contribution in [0.3, 0.4) is 0 Å². The molecule has 29 heavy (non-hydrogen) atoms. The normalized spacial score (nSPS) is 10.8. The van der Waals surface area contributed by atoms with Crippen molar-refractivity contribution in [2.45, 2.75) is 0 Å². The molecule has 1 aromatic heterocycles. The van der Waals surface area contributed by atoms with Crippen molar-refractivity contribution < 1.29 is 9.53 Å². The molecule has 0 spiro atoms. The van der Waals surface area contributed by atoms with Crippen LogP contribution in [0.15, 0.2) is 44.4 Å². The van der Waals surface area contributed by atoms with Gasteiger partial charge in [0.2, 0.25) is 0 Å². The Labute approximate surface area is 175 Å². The number of fused-ring (bicyclic) bond motifs is 1. The lowest BCUT2D eigenvalue weighted by molar-refractivity contribution is 0.102. The van der Waals surface area contributed by atoms with Gasteiger partial charge in [-0.15, -0.1) is 0 Å². The Morgan fingerprint density at radius 2 is 1.62 bits per heavy atom. The van der Waals surface area contributed by atoms with Gasteiger partial charge in [-0.05, 0) is 30.3 Å². The maximum Gasteiger partial charge on any atom is 0.316 e. The minimum absolute atomic E-state index is 0.361. The summed E-state index contributed by atoms with van der Waals surface area (Å²) in [6.45, 7) is 0. The molecule has 8 nitrogen and oxygen atoms in total. The van der Waals surface area contributed by atoms with Crippen molar-refractivity contribution in [2.75, 3.05) is 31.4 Å². The van der Waals surface area contributed by atoms with Crippen molar-refractivity contribution in [1.82, 2.24) is 9.13 Å². The number of carbonyl (C=O) groups is 1. The highest BCUT2D eigenvalue weighted by Crippen LogP contribution is 2.31. The second-order valence-electron chi connectivity index (χ2n) is 6.78. The fourth-order valence-corrected chi connectivity index (χ4v) is 3.49. The van der Waals surface area contributed by atoms with E-state index in [9.17, 15) is 14.4 Å². The number of amides is 1. The van der Waals surface area contributed by atoms with E-state index in [0.29, 0.717) is 33.7 Å². The molecule has 2 aromatic carbocycles. The zero-order valence-electron chi connectivity index (χ0n) is 16.7. The first kappa shape index (κ1) is 20.7. The zero-order chi connectivity index (χ0) is 21.5. The Kier molecular flexibility index (Phi) is 5.52. The summed E-state index contributed by atoms with van der Waals surface area (Å²) in [7, 11) is 8.24. The van der Waals surface area contributed by atoms with Gasteiger partial charge >= 0.3 is 11.1 Å². The summed E-state index contributed by atoms with van der Waals surface area (Å²) in [5, 5.41) is 2.90. The van der Waals surface area contributed by atoms with Crippen LogP contribution in [0.25, 0.3) is 11.0 Å². The molecule has 0 saturated heterocycles. The third kappa shape index (κ3) is 3.65. The monoisotopic (exact) mass is 460 g/mol. The Morgan fingerprint density at radius 3 is 2.17 bits per heavy atom. The van der Waals surface area contributed by atoms with Crippen molar-refractivity contribution in [2.24, 2.45) is 14.1 Å². The van der Waals surface area contributed by atoms with Gasteiger partial charge < -0.3 is 24.1 Å². The Balaban J connectivity index is 2.20. The van der Waals surface area contributed by atoms with Gasteiger partial charge in [-0.1, -0.05) is 15.9 Å². The van der Waals surface area contributed by atoms with Crippen LogP contribution >= 0.6 is 15.9 Å². The number of hydrogen-bond acceptors (Lipinski definition) is 5. The molecule has 1 amide bonds. The number of hydrogen-bond donors (Lipinski definition) is 1. The minimum atomic E-state index is -0.636. The largest absolute Gasteiger partial charge is 0.496 e. The van der Waals surface area contributed by atoms with Gasteiger partial charge in [-0.25, -0.2) is 0 Å². The minimum Gasteiger partial charge on any atom is -0.496 e. The molecular formula is C20H21BrN4O4. The number of benzene rings is 2. The number of nitrogens with one attached hydrogen (secondary N) is 1. The molecular weight excluding hydrogens is 440 g/mol. The first-order valence-electron chi connectivity index (χ1n) is 8.71. The lowest BCUT2D eigenvalue weighted by Gasteiger charge is -2.21. The van der Waals surface area contributed by atoms with Gasteiger partial charge in [-0.3, -0.25) is 14.4 Å². The molecule has 0 aliphatic carbocycles. The van der Waals surface area contributed by atoms with Crippen molar-refractivity contribution in [3.05, 3.63) is 61.1 Å². The second kappa shape index (κ2) is 7.75. The Bertz CT molecular complexity index is 1240. The quantitative estimate of drug-likeness (QED) is 0.603. The Morgan fingerprint density at radius 1 is 1.03 bits per heavy atom. The van der Waals surface area contributed by atoms with E-state index in [4.69, 9.17) is 4.74 Å². The van der Waals surface area contributed by atoms with E-state index in [1.807, 2.05) is 19.0 Å². The highest BCUT2D eigenvalue weighted by atomic mass is 79.9. The molecule has 0 aliphatic rings. The molecule has 0 atom stereocenters. The molecule has 0 unspecified atom stereocenters. The SMILES string of the molecule is COc1ccc(Br)cc1C(=O)Nc1cc2c(cc1N(C)C)n(C)c(=O)c(=O)n2C. The lowest BCUT2D eigenvalue weighted by atomic mass is 10.1. The van der Waals surface area contributed by atoms with E-state index < -0.39 is 11.1 Å². The van der Waals surface area contributed by atoms with Crippen LogP contribution in [0, 0.1) is 0 Å². The van der Waals surface area contributed by atoms with Gasteiger partial charge in [-0.2, -0.15) is 0 Å². The molecule has 1 N–H and O–H groups in total. The number of ether oxygens (including phenoxy) is 1. The highest BCUT2D eigenvalue weighted by molar-refractivity contribution is 9.10. The van der Waals surface area contributed by atoms with E-state index in [1.165, 1.54) is 23.3 Å². The molecule has 0 bridgehead atoms. The van der Waals surface area contributed by atoms with Crippen molar-refractivity contribution in [3.8, 4) is 5.75 Å². The van der Waals surface area contributed by atoms with Crippen molar-refractivity contribution in [1.29, 1.82) is 0 Å². The number of rotatable bonds is 4. The number of carbonyl (C=O) groups excluding carboxylic acids is 1. The number of methoxy groups -OCH3 is 1. The zero-order valence-corrected chi connectivity index (χ0v) is 18.3. The van der Waals surface area contributed by atoms with Crippen molar-refractivity contribution in [3.63, 3.8) is 0 Å². The molecule has 0 radical (unpaired) electrons. The number of halogens is 1. The smallest absolute Gasteiger partial charge is 0.316 e. The van der Waals surface area contributed by atoms with E-state index in [-0.39, 0.29) is 5.91 Å². The molecule has 0 fully saturated rings. The van der Waals surface area contributed by atoms with Crippen LogP contribution in [-0.2, 0) is 14.1 Å². The fourth-order valence-electron chi connectivity index (χ4n) is 3.13. The van der Waals surface area contributed by atoms with Crippen LogP contribution in [0.4, 0.5) is 11.4 Å². The van der Waals surface area contributed by atoms with Gasteiger partial charge in [0.15, 0.2) is 0 Å². The summed E-state index contributed by atoms with van der Waals surface area (Å²) < 4.78 is 8.64. The summed E-state index contributed by atoms with van der Waals surface area (Å²) in [4.78, 5) is 39.2. The second-order valence-corrected chi connectivity index (χ2v) is 7.70. The van der Waals surface area contributed by atoms with Gasteiger partial charge in [0, 0.05) is 32.7 Å². The highest BCUT2D eigenvalue weighted by Gasteiger charge is 2.18. The number of nitrogens with zero attached hydrogens (tertiary/aromatic N) is 3. The standard InChI is InChI=1S/C20H21BrN4O4/c1-23(2)14-10-16-15(24(3)19(27)20(28)25(16)4)9-13(14)22-18(26)12-8-11(21)6-7-17(12)29-5/h6-10H,1-5H3,(H,22,26). The predicted octanol–water partition coefficient (Wildman–Crippen LogP) is 2.33. The third-order valence-corrected chi connectivity index (χ3v) is 5.24. The van der Waals surface area contributed by atoms with E-state index in [1.54, 1.807) is 37.4 Å². The topological polar surface area (TPSA) is 85.6 Å². The van der Waals surface area contributed by atoms with E-state index >= 15 is 0 Å². The molecule has 9 heteroatoms. The van der Waals surface area contributed by atoms with E-state index in [0.717, 1.165) is 4.47 Å². The Hall–Kier alpha value is -3.07. The van der Waals surface area contributed by atoms with Crippen LogP contribution in [0.5, 0.6) is 5.75 Å². The molecule has 1 heterocycles. The average Bonchev–Trinajstić information content (AvgIpc) is 2.70. The summed E-state index contributed by atoms with van der Waals surface area (Å²) in [5.74, 6) is 0.0770. The predicted molar refractivity (Wildman–Crippen MR) is 117 cm³/mol. The van der Waals surface area contributed by atoms with Crippen molar-refractivity contribution >= 4 is 44.2 Å². The van der Waals surface area contributed by atoms with Crippen LogP contribution in [-0.4, -0.2) is 36.2 Å². The summed E-state index contributed by atoms with van der Waals surface area (Å²) in [6, 6.07) is 8.61. The summed E-state index contributed by atoms with van der Waals surface area (Å²) >= 11 is 3.37. The molecule has 0 saturated carbocycles. The first-order chi connectivity index (χ1) is 13.6. The maximum atomic E-state index is 13.0. The number of anilines is 2. The van der Waals surface area contributed by atoms with E-state index in [2.05, 4.69) is 21.2 Å². The number of aryl methyl sites for hydroxylation is 2. The molecule has 3 aromatic rings. The first-order valence-corrected chi connectivity index (χ1v) is 9.51. The van der Waals surface area contributed by atoms with Crippen LogP contribution < -0.4 is 26.1 Å². The molecule has 3 rings (SSSR count). The average molecular weight is 461 g/mol. The van der Waals surface area contributed by atoms with Crippen LogP contribution in [0.1, 0.15) is 10.4 Å². The lowest BCUT2D eigenvalue weighted by Crippen LogP contribution is -2.39. The van der Waals surface area contributed by atoms with Gasteiger partial charge in [0.25, 0.3) is 5.91 Å². The number of aromatic nitrogens is 2. The van der Waals surface area contributed by atoms with Gasteiger partial charge in [0.05, 0.1) is 35.1 Å². The molecule has 0 aliphatic heterocycles. The van der Waals surface area contributed by atoms with Crippen LogP contribution in [0.2, 0.25) is 0 Å². The fraction of sp³-hybridized carbons (Fsp3) is 0.250. The summed E-state index contributed by atoms with van der Waals surface area (Å²) in [6.07, 6.45) is 0.